The van der Waals surface area contributed by atoms with Crippen LogP contribution in [0, 0.1) is 0 Å². The highest BCUT2D eigenvalue weighted by Crippen LogP contribution is 2.18. The second-order valence-corrected chi connectivity index (χ2v) is 6.56. The van der Waals surface area contributed by atoms with E-state index in [0.717, 1.165) is 5.56 Å². The molecule has 0 spiro atoms. The molecule has 0 aliphatic heterocycles. The van der Waals surface area contributed by atoms with Crippen LogP contribution in [-0.4, -0.2) is 24.5 Å². The van der Waals surface area contributed by atoms with Crippen molar-refractivity contribution < 1.29 is 18.3 Å². The minimum atomic E-state index is -3.65. The average Bonchev–Trinajstić information content (AvgIpc) is 2.89. The van der Waals surface area contributed by atoms with Gasteiger partial charge in [0.15, 0.2) is 5.13 Å². The van der Waals surface area contributed by atoms with Gasteiger partial charge in [-0.3, -0.25) is 9.52 Å². The number of carboxylic acid groups (broad SMARTS) is 1. The smallest absolute Gasteiger partial charge is 0.303 e. The molecule has 1 aromatic carbocycles. The van der Waals surface area contributed by atoms with E-state index in [-0.39, 0.29) is 11.3 Å². The maximum Gasteiger partial charge on any atom is 0.303 e. The Labute approximate surface area is 120 Å². The van der Waals surface area contributed by atoms with Gasteiger partial charge in [-0.25, -0.2) is 13.4 Å². The Bertz CT molecular complexity index is 679. The molecule has 106 valence electrons. The largest absolute Gasteiger partial charge is 0.481 e. The Balaban J connectivity index is 2.10. The summed E-state index contributed by atoms with van der Waals surface area (Å²) in [5.74, 6) is -0.882. The van der Waals surface area contributed by atoms with Crippen LogP contribution in [0.15, 0.2) is 40.7 Å². The van der Waals surface area contributed by atoms with E-state index in [0.29, 0.717) is 11.6 Å². The fraction of sp³-hybridized carbons (Fsp3) is 0.167. The zero-order chi connectivity index (χ0) is 14.6. The summed E-state index contributed by atoms with van der Waals surface area (Å²) in [6, 6.07) is 6.12. The number of nitrogens with one attached hydrogen (secondary N) is 1. The van der Waals surface area contributed by atoms with Gasteiger partial charge in [-0.2, -0.15) is 0 Å². The number of rotatable bonds is 6. The third kappa shape index (κ3) is 3.78. The Morgan fingerprint density at radius 1 is 1.30 bits per heavy atom. The molecule has 0 fully saturated rings. The lowest BCUT2D eigenvalue weighted by atomic mass is 10.1. The zero-order valence-electron chi connectivity index (χ0n) is 10.3. The molecule has 0 aliphatic carbocycles. The van der Waals surface area contributed by atoms with Gasteiger partial charge in [0, 0.05) is 18.0 Å². The summed E-state index contributed by atoms with van der Waals surface area (Å²) in [4.78, 5) is 14.4. The van der Waals surface area contributed by atoms with Gasteiger partial charge in [-0.1, -0.05) is 12.1 Å². The number of hydrogen-bond donors (Lipinski definition) is 2. The summed E-state index contributed by atoms with van der Waals surface area (Å²) in [5, 5.41) is 10.6. The molecule has 0 radical (unpaired) electrons. The number of carboxylic acids is 1. The molecule has 0 aliphatic rings. The summed E-state index contributed by atoms with van der Waals surface area (Å²) >= 11 is 1.19. The molecular formula is C12H12N2O4S2. The first-order valence-corrected chi connectivity index (χ1v) is 8.07. The second-order valence-electron chi connectivity index (χ2n) is 3.98. The monoisotopic (exact) mass is 312 g/mol. The predicted molar refractivity (Wildman–Crippen MR) is 75.3 cm³/mol. The highest BCUT2D eigenvalue weighted by atomic mass is 32.2. The normalized spacial score (nSPS) is 11.2. The van der Waals surface area contributed by atoms with Gasteiger partial charge in [0.05, 0.1) is 4.90 Å². The second kappa shape index (κ2) is 6.02. The van der Waals surface area contributed by atoms with Crippen molar-refractivity contribution in [1.29, 1.82) is 0 Å². The molecule has 6 nitrogen and oxygen atoms in total. The van der Waals surface area contributed by atoms with Crippen molar-refractivity contribution in [2.24, 2.45) is 0 Å². The number of hydrogen-bond acceptors (Lipinski definition) is 5. The van der Waals surface area contributed by atoms with Crippen LogP contribution in [0.1, 0.15) is 12.0 Å². The van der Waals surface area contributed by atoms with Gasteiger partial charge in [-0.05, 0) is 24.1 Å². The number of thiazole rings is 1. The minimum Gasteiger partial charge on any atom is -0.481 e. The minimum absolute atomic E-state index is 0.0173. The van der Waals surface area contributed by atoms with E-state index < -0.39 is 16.0 Å². The van der Waals surface area contributed by atoms with Gasteiger partial charge in [0.2, 0.25) is 0 Å². The lowest BCUT2D eigenvalue weighted by Gasteiger charge is -2.06. The summed E-state index contributed by atoms with van der Waals surface area (Å²) in [6.07, 6.45) is 1.90. The molecule has 2 N–H and O–H groups in total. The number of anilines is 1. The molecule has 0 unspecified atom stereocenters. The van der Waals surface area contributed by atoms with Crippen molar-refractivity contribution in [3.63, 3.8) is 0 Å². The molecule has 0 atom stereocenters. The summed E-state index contributed by atoms with van der Waals surface area (Å²) in [6.45, 7) is 0. The Kier molecular flexibility index (Phi) is 4.35. The first-order valence-electron chi connectivity index (χ1n) is 5.70. The van der Waals surface area contributed by atoms with Crippen molar-refractivity contribution in [1.82, 2.24) is 4.98 Å². The molecule has 2 aromatic rings. The van der Waals surface area contributed by atoms with Crippen LogP contribution >= 0.6 is 11.3 Å². The first-order chi connectivity index (χ1) is 9.47. The van der Waals surface area contributed by atoms with Crippen LogP contribution in [-0.2, 0) is 21.2 Å². The summed E-state index contributed by atoms with van der Waals surface area (Å²) in [7, 11) is -3.65. The molecule has 1 heterocycles. The fourth-order valence-corrected chi connectivity index (χ4v) is 3.32. The van der Waals surface area contributed by atoms with E-state index in [1.54, 1.807) is 17.5 Å². The number of aryl methyl sites for hydroxylation is 1. The highest BCUT2D eigenvalue weighted by Gasteiger charge is 2.15. The number of nitrogens with zero attached hydrogens (tertiary/aromatic N) is 1. The van der Waals surface area contributed by atoms with E-state index in [9.17, 15) is 13.2 Å². The van der Waals surface area contributed by atoms with Crippen LogP contribution in [0.4, 0.5) is 5.13 Å². The lowest BCUT2D eigenvalue weighted by molar-refractivity contribution is -0.136. The van der Waals surface area contributed by atoms with Crippen molar-refractivity contribution in [3.8, 4) is 0 Å². The van der Waals surface area contributed by atoms with Gasteiger partial charge >= 0.3 is 5.97 Å². The van der Waals surface area contributed by atoms with E-state index in [2.05, 4.69) is 9.71 Å². The third-order valence-corrected chi connectivity index (χ3v) is 4.69. The third-order valence-electron chi connectivity index (χ3n) is 2.52. The molecule has 1 aromatic heterocycles. The Hall–Kier alpha value is -1.93. The van der Waals surface area contributed by atoms with E-state index in [4.69, 9.17) is 5.11 Å². The molecular weight excluding hydrogens is 300 g/mol. The maximum absolute atomic E-state index is 12.0. The summed E-state index contributed by atoms with van der Waals surface area (Å²) < 4.78 is 26.4. The van der Waals surface area contributed by atoms with Crippen molar-refractivity contribution in [2.75, 3.05) is 4.72 Å². The quantitative estimate of drug-likeness (QED) is 0.850. The van der Waals surface area contributed by atoms with E-state index >= 15 is 0 Å². The van der Waals surface area contributed by atoms with E-state index in [1.165, 1.54) is 29.7 Å². The van der Waals surface area contributed by atoms with Crippen molar-refractivity contribution in [2.45, 2.75) is 17.7 Å². The Morgan fingerprint density at radius 3 is 2.55 bits per heavy atom. The average molecular weight is 312 g/mol. The van der Waals surface area contributed by atoms with Crippen molar-refractivity contribution in [3.05, 3.63) is 41.4 Å². The zero-order valence-corrected chi connectivity index (χ0v) is 11.9. The fourth-order valence-electron chi connectivity index (χ4n) is 1.53. The van der Waals surface area contributed by atoms with Crippen LogP contribution in [0.5, 0.6) is 0 Å². The van der Waals surface area contributed by atoms with Crippen LogP contribution < -0.4 is 4.72 Å². The van der Waals surface area contributed by atoms with Crippen molar-refractivity contribution >= 4 is 32.5 Å². The number of carbonyl (C=O) groups is 1. The summed E-state index contributed by atoms with van der Waals surface area (Å²) in [5.41, 5.74) is 0.778. The predicted octanol–water partition coefficient (Wildman–Crippen LogP) is 1.96. The first kappa shape index (κ1) is 14.5. The lowest BCUT2D eigenvalue weighted by Crippen LogP contribution is -2.12. The van der Waals surface area contributed by atoms with Gasteiger partial charge < -0.3 is 5.11 Å². The molecule has 0 amide bonds. The number of aliphatic carboxylic acids is 1. The van der Waals surface area contributed by atoms with Gasteiger partial charge in [0.25, 0.3) is 10.0 Å². The molecule has 20 heavy (non-hydrogen) atoms. The van der Waals surface area contributed by atoms with Crippen LogP contribution in [0.3, 0.4) is 0 Å². The SMILES string of the molecule is O=C(O)CCc1ccc(S(=O)(=O)Nc2nccs2)cc1. The number of aromatic nitrogens is 1. The molecule has 0 saturated carbocycles. The molecule has 0 saturated heterocycles. The van der Waals surface area contributed by atoms with Gasteiger partial charge in [0.1, 0.15) is 0 Å². The van der Waals surface area contributed by atoms with Crippen LogP contribution in [0.2, 0.25) is 0 Å². The number of sulfonamides is 1. The van der Waals surface area contributed by atoms with Gasteiger partial charge in [-0.15, -0.1) is 11.3 Å². The molecule has 0 bridgehead atoms. The Morgan fingerprint density at radius 2 is 2.00 bits per heavy atom. The maximum atomic E-state index is 12.0. The van der Waals surface area contributed by atoms with Crippen LogP contribution in [0.25, 0.3) is 0 Å². The standard InChI is InChI=1S/C12H12N2O4S2/c15-11(16)6-3-9-1-4-10(5-2-9)20(17,18)14-12-13-7-8-19-12/h1-2,4-5,7-8H,3,6H2,(H,13,14)(H,15,16). The highest BCUT2D eigenvalue weighted by molar-refractivity contribution is 7.93. The molecule has 8 heteroatoms. The number of benzene rings is 1. The topological polar surface area (TPSA) is 96.4 Å². The molecule has 2 rings (SSSR count). The van der Waals surface area contributed by atoms with E-state index in [1.807, 2.05) is 0 Å².